The van der Waals surface area contributed by atoms with Crippen molar-refractivity contribution in [3.05, 3.63) is 29.8 Å². The molecule has 0 aliphatic heterocycles. The van der Waals surface area contributed by atoms with Gasteiger partial charge in [-0.05, 0) is 44.6 Å². The fourth-order valence-corrected chi connectivity index (χ4v) is 1.84. The van der Waals surface area contributed by atoms with E-state index in [4.69, 9.17) is 21.7 Å². The van der Waals surface area contributed by atoms with E-state index < -0.39 is 0 Å². The Balaban J connectivity index is 2.57. The highest BCUT2D eigenvalue weighted by Crippen LogP contribution is 2.19. The summed E-state index contributed by atoms with van der Waals surface area (Å²) in [5.74, 6) is 0.266. The summed E-state index contributed by atoms with van der Waals surface area (Å²) in [6.45, 7) is 5.12. The Hall–Kier alpha value is -1.66. The zero-order valence-electron chi connectivity index (χ0n) is 12.6. The number of benzene rings is 1. The number of nitrogens with one attached hydrogen (secondary N) is 2. The second-order valence-electron chi connectivity index (χ2n) is 4.72. The van der Waals surface area contributed by atoms with E-state index in [-0.39, 0.29) is 12.0 Å². The second-order valence-corrected chi connectivity index (χ2v) is 5.13. The molecule has 0 heterocycles. The molecule has 1 rings (SSSR count). The molecule has 0 aliphatic carbocycles. The van der Waals surface area contributed by atoms with Gasteiger partial charge in [0.2, 0.25) is 0 Å². The molecular formula is C15H22N2O3S. The number of para-hydroxylation sites is 1. The highest BCUT2D eigenvalue weighted by molar-refractivity contribution is 7.80. The minimum Gasteiger partial charge on any atom is -0.490 e. The van der Waals surface area contributed by atoms with Crippen molar-refractivity contribution in [3.63, 3.8) is 0 Å². The normalized spacial score (nSPS) is 10.3. The summed E-state index contributed by atoms with van der Waals surface area (Å²) in [5.41, 5.74) is 0.465. The van der Waals surface area contributed by atoms with Crippen molar-refractivity contribution in [2.75, 3.05) is 20.3 Å². The molecule has 0 saturated heterocycles. The number of hydrogen-bond acceptors (Lipinski definition) is 4. The van der Waals surface area contributed by atoms with Crippen LogP contribution in [0.5, 0.6) is 5.75 Å². The van der Waals surface area contributed by atoms with Crippen molar-refractivity contribution in [2.24, 2.45) is 0 Å². The van der Waals surface area contributed by atoms with Gasteiger partial charge in [0.05, 0.1) is 11.7 Å². The number of amides is 1. The van der Waals surface area contributed by atoms with Crippen LogP contribution in [0.25, 0.3) is 0 Å². The van der Waals surface area contributed by atoms with Crippen LogP contribution in [-0.4, -0.2) is 37.4 Å². The van der Waals surface area contributed by atoms with Crippen molar-refractivity contribution in [3.8, 4) is 5.75 Å². The molecule has 1 aromatic carbocycles. The average molecular weight is 310 g/mol. The zero-order valence-corrected chi connectivity index (χ0v) is 13.5. The molecular weight excluding hydrogens is 288 g/mol. The van der Waals surface area contributed by atoms with Crippen LogP contribution in [-0.2, 0) is 4.74 Å². The quantitative estimate of drug-likeness (QED) is 0.597. The van der Waals surface area contributed by atoms with Crippen molar-refractivity contribution < 1.29 is 14.3 Å². The van der Waals surface area contributed by atoms with Crippen LogP contribution in [0.4, 0.5) is 0 Å². The molecule has 21 heavy (non-hydrogen) atoms. The third kappa shape index (κ3) is 6.55. The number of hydrogen-bond donors (Lipinski definition) is 2. The predicted octanol–water partition coefficient (Wildman–Crippen LogP) is 2.11. The largest absolute Gasteiger partial charge is 0.490 e. The first-order valence-electron chi connectivity index (χ1n) is 6.88. The van der Waals surface area contributed by atoms with E-state index in [1.165, 1.54) is 0 Å². The third-order valence-electron chi connectivity index (χ3n) is 2.53. The second kappa shape index (κ2) is 9.31. The van der Waals surface area contributed by atoms with Gasteiger partial charge in [0, 0.05) is 20.3 Å². The molecule has 0 bridgehead atoms. The number of methoxy groups -OCH3 is 1. The summed E-state index contributed by atoms with van der Waals surface area (Å²) in [5, 5.41) is 5.91. The molecule has 0 unspecified atom stereocenters. The maximum Gasteiger partial charge on any atom is 0.261 e. The first-order chi connectivity index (χ1) is 10.0. The number of carbonyl (C=O) groups excluding carboxylic acids is 1. The molecule has 0 atom stereocenters. The van der Waals surface area contributed by atoms with E-state index >= 15 is 0 Å². The molecule has 0 radical (unpaired) electrons. The highest BCUT2D eigenvalue weighted by atomic mass is 32.1. The van der Waals surface area contributed by atoms with E-state index in [1.54, 1.807) is 25.3 Å². The van der Waals surface area contributed by atoms with E-state index in [0.717, 1.165) is 6.42 Å². The molecule has 0 saturated carbocycles. The topological polar surface area (TPSA) is 59.6 Å². The van der Waals surface area contributed by atoms with E-state index in [2.05, 4.69) is 10.6 Å². The fourth-order valence-electron chi connectivity index (χ4n) is 1.64. The molecule has 0 aromatic heterocycles. The molecule has 1 aromatic rings. The van der Waals surface area contributed by atoms with Crippen molar-refractivity contribution >= 4 is 23.2 Å². The summed E-state index contributed by atoms with van der Waals surface area (Å²) >= 11 is 5.09. The van der Waals surface area contributed by atoms with Gasteiger partial charge in [-0.15, -0.1) is 0 Å². The van der Waals surface area contributed by atoms with Gasteiger partial charge in [-0.3, -0.25) is 10.1 Å². The van der Waals surface area contributed by atoms with Gasteiger partial charge in [0.25, 0.3) is 5.91 Å². The van der Waals surface area contributed by atoms with Crippen LogP contribution in [0.1, 0.15) is 30.6 Å². The van der Waals surface area contributed by atoms with Crippen LogP contribution >= 0.6 is 12.2 Å². The Kier molecular flexibility index (Phi) is 7.71. The van der Waals surface area contributed by atoms with Crippen molar-refractivity contribution in [1.82, 2.24) is 10.6 Å². The smallest absolute Gasteiger partial charge is 0.261 e. The van der Waals surface area contributed by atoms with Crippen LogP contribution < -0.4 is 15.4 Å². The van der Waals surface area contributed by atoms with Gasteiger partial charge < -0.3 is 14.8 Å². The summed E-state index contributed by atoms with van der Waals surface area (Å²) in [6, 6.07) is 7.09. The monoisotopic (exact) mass is 310 g/mol. The van der Waals surface area contributed by atoms with Gasteiger partial charge in [0.1, 0.15) is 5.75 Å². The van der Waals surface area contributed by atoms with Gasteiger partial charge in [-0.2, -0.15) is 0 Å². The van der Waals surface area contributed by atoms with Gasteiger partial charge in [-0.25, -0.2) is 0 Å². The highest BCUT2D eigenvalue weighted by Gasteiger charge is 2.14. The van der Waals surface area contributed by atoms with Gasteiger partial charge >= 0.3 is 0 Å². The van der Waals surface area contributed by atoms with Crippen LogP contribution in [0, 0.1) is 0 Å². The lowest BCUT2D eigenvalue weighted by atomic mass is 10.2. The Morgan fingerprint density at radius 1 is 1.33 bits per heavy atom. The molecule has 6 heteroatoms. The maximum absolute atomic E-state index is 12.2. The molecule has 5 nitrogen and oxygen atoms in total. The Labute approximate surface area is 131 Å². The van der Waals surface area contributed by atoms with E-state index in [1.807, 2.05) is 19.9 Å². The Morgan fingerprint density at radius 3 is 2.71 bits per heavy atom. The molecule has 0 fully saturated rings. The standard InChI is InChI=1S/C15H22N2O3S/c1-11(2)20-13-8-5-4-7-12(13)14(18)17-15(21)16-9-6-10-19-3/h4-5,7-8,11H,6,9-10H2,1-3H3,(H2,16,17,18,21). The van der Waals surface area contributed by atoms with Crippen molar-refractivity contribution in [1.29, 1.82) is 0 Å². The van der Waals surface area contributed by atoms with Gasteiger partial charge in [0.15, 0.2) is 5.11 Å². The van der Waals surface area contributed by atoms with E-state index in [9.17, 15) is 4.79 Å². The predicted molar refractivity (Wildman–Crippen MR) is 86.8 cm³/mol. The Morgan fingerprint density at radius 2 is 2.05 bits per heavy atom. The number of ether oxygens (including phenoxy) is 2. The lowest BCUT2D eigenvalue weighted by Crippen LogP contribution is -2.40. The average Bonchev–Trinajstić information content (AvgIpc) is 2.43. The zero-order chi connectivity index (χ0) is 15.7. The third-order valence-corrected chi connectivity index (χ3v) is 2.78. The molecule has 2 N–H and O–H groups in total. The molecule has 116 valence electrons. The summed E-state index contributed by atoms with van der Waals surface area (Å²) < 4.78 is 10.6. The summed E-state index contributed by atoms with van der Waals surface area (Å²) in [4.78, 5) is 12.2. The lowest BCUT2D eigenvalue weighted by molar-refractivity contribution is 0.0971. The molecule has 1 amide bonds. The number of thiocarbonyl (C=S) groups is 1. The maximum atomic E-state index is 12.2. The van der Waals surface area contributed by atoms with E-state index in [0.29, 0.717) is 29.6 Å². The van der Waals surface area contributed by atoms with Gasteiger partial charge in [-0.1, -0.05) is 12.1 Å². The lowest BCUT2D eigenvalue weighted by Gasteiger charge is -2.14. The molecule has 0 aliphatic rings. The molecule has 0 spiro atoms. The SMILES string of the molecule is COCCCNC(=S)NC(=O)c1ccccc1OC(C)C. The van der Waals surface area contributed by atoms with Crippen LogP contribution in [0.2, 0.25) is 0 Å². The first kappa shape index (κ1) is 17.4. The number of rotatable bonds is 7. The first-order valence-corrected chi connectivity index (χ1v) is 7.29. The minimum absolute atomic E-state index is 0.00179. The summed E-state index contributed by atoms with van der Waals surface area (Å²) in [7, 11) is 1.64. The summed E-state index contributed by atoms with van der Waals surface area (Å²) in [6.07, 6.45) is 0.817. The number of carbonyl (C=O) groups is 1. The van der Waals surface area contributed by atoms with Crippen molar-refractivity contribution in [2.45, 2.75) is 26.4 Å². The minimum atomic E-state index is -0.282. The van der Waals surface area contributed by atoms with Crippen LogP contribution in [0.15, 0.2) is 24.3 Å². The fraction of sp³-hybridized carbons (Fsp3) is 0.467. The Bertz CT molecular complexity index is 478. The van der Waals surface area contributed by atoms with Crippen LogP contribution in [0.3, 0.4) is 0 Å².